The first kappa shape index (κ1) is 21.2. The Hall–Kier alpha value is -2.54. The van der Waals surface area contributed by atoms with Crippen LogP contribution in [0.5, 0.6) is 0 Å². The Bertz CT molecular complexity index is 1190. The van der Waals surface area contributed by atoms with E-state index in [0.717, 1.165) is 11.2 Å². The van der Waals surface area contributed by atoms with Crippen LogP contribution in [0, 0.1) is 12.4 Å². The molecule has 0 saturated carbocycles. The van der Waals surface area contributed by atoms with Gasteiger partial charge in [0.25, 0.3) is 5.91 Å². The molecule has 1 heterocycles. The van der Waals surface area contributed by atoms with Gasteiger partial charge in [-0.3, -0.25) is 9.69 Å². The summed E-state index contributed by atoms with van der Waals surface area (Å²) < 4.78 is 38.2. The van der Waals surface area contributed by atoms with E-state index in [1.54, 1.807) is 13.8 Å². The molecule has 0 unspecified atom stereocenters. The minimum atomic E-state index is -3.38. The number of sulfone groups is 1. The molecule has 0 atom stereocenters. The number of rotatable bonds is 3. The van der Waals surface area contributed by atoms with Crippen molar-refractivity contribution in [2.24, 2.45) is 0 Å². The van der Waals surface area contributed by atoms with Crippen molar-refractivity contribution < 1.29 is 17.6 Å². The standard InChI is InChI=1S/C19H15ClFN3O3S2/c1-19(2)17(25)23(14-10-9-13(22-3)15(20)16(14)21)18(28)24(19)11-5-7-12(8-6-11)29(4,26)27/h5-10H,1-2,4H3. The Labute approximate surface area is 178 Å². The number of amides is 1. The number of halogens is 2. The van der Waals surface area contributed by atoms with Crippen molar-refractivity contribution in [1.29, 1.82) is 0 Å². The summed E-state index contributed by atoms with van der Waals surface area (Å²) in [7, 11) is -3.38. The van der Waals surface area contributed by atoms with Gasteiger partial charge in [-0.15, -0.1) is 0 Å². The summed E-state index contributed by atoms with van der Waals surface area (Å²) in [6, 6.07) is 8.50. The van der Waals surface area contributed by atoms with Crippen molar-refractivity contribution in [2.45, 2.75) is 24.3 Å². The lowest BCUT2D eigenvalue weighted by Gasteiger charge is -2.29. The monoisotopic (exact) mass is 451 g/mol. The van der Waals surface area contributed by atoms with Gasteiger partial charge in [0.2, 0.25) is 5.69 Å². The predicted molar refractivity (Wildman–Crippen MR) is 114 cm³/mol. The predicted octanol–water partition coefficient (Wildman–Crippen LogP) is 4.35. The number of hydrogen-bond acceptors (Lipinski definition) is 4. The average Bonchev–Trinajstić information content (AvgIpc) is 2.82. The summed E-state index contributed by atoms with van der Waals surface area (Å²) in [6.07, 6.45) is 1.09. The maximum atomic E-state index is 14.8. The second-order valence-electron chi connectivity index (χ2n) is 6.93. The van der Waals surface area contributed by atoms with Gasteiger partial charge < -0.3 is 4.90 Å². The number of nitrogens with zero attached hydrogens (tertiary/aromatic N) is 3. The molecule has 150 valence electrons. The normalized spacial score (nSPS) is 16.3. The molecule has 2 aromatic carbocycles. The highest BCUT2D eigenvalue weighted by Gasteiger charge is 2.51. The molecular weight excluding hydrogens is 437 g/mol. The Kier molecular flexibility index (Phi) is 5.15. The summed E-state index contributed by atoms with van der Waals surface area (Å²) >= 11 is 11.4. The molecule has 0 N–H and O–H groups in total. The van der Waals surface area contributed by atoms with Gasteiger partial charge >= 0.3 is 0 Å². The van der Waals surface area contributed by atoms with Crippen molar-refractivity contribution >= 4 is 61.7 Å². The topological polar surface area (TPSA) is 62.1 Å². The zero-order chi connectivity index (χ0) is 21.7. The van der Waals surface area contributed by atoms with E-state index in [9.17, 15) is 17.6 Å². The number of hydrogen-bond donors (Lipinski definition) is 0. The first-order valence-electron chi connectivity index (χ1n) is 8.25. The molecule has 1 saturated heterocycles. The van der Waals surface area contributed by atoms with Gasteiger partial charge in [-0.1, -0.05) is 17.7 Å². The Balaban J connectivity index is 2.10. The fraction of sp³-hybridized carbons (Fsp3) is 0.211. The molecule has 0 radical (unpaired) electrons. The van der Waals surface area contributed by atoms with Crippen molar-refractivity contribution in [3.05, 3.63) is 58.7 Å². The smallest absolute Gasteiger partial charge is 0.259 e. The fourth-order valence-electron chi connectivity index (χ4n) is 3.07. The van der Waals surface area contributed by atoms with Crippen molar-refractivity contribution in [3.63, 3.8) is 0 Å². The van der Waals surface area contributed by atoms with Gasteiger partial charge in [-0.25, -0.2) is 17.7 Å². The summed E-state index contributed by atoms with van der Waals surface area (Å²) in [5.41, 5.74) is -0.910. The number of carbonyl (C=O) groups excluding carboxylic acids is 1. The Morgan fingerprint density at radius 3 is 2.28 bits per heavy atom. The van der Waals surface area contributed by atoms with Gasteiger partial charge in [0.1, 0.15) is 5.54 Å². The van der Waals surface area contributed by atoms with Crippen LogP contribution in [-0.4, -0.2) is 31.2 Å². The molecule has 0 spiro atoms. The minimum absolute atomic E-state index is 0.0117. The number of carbonyl (C=O) groups is 1. The van der Waals surface area contributed by atoms with Crippen LogP contribution < -0.4 is 9.80 Å². The summed E-state index contributed by atoms with van der Waals surface area (Å²) in [6.45, 7) is 10.3. The van der Waals surface area contributed by atoms with Crippen LogP contribution in [-0.2, 0) is 14.6 Å². The lowest BCUT2D eigenvalue weighted by molar-refractivity contribution is -0.120. The number of thiocarbonyl (C=S) groups is 1. The van der Waals surface area contributed by atoms with Crippen LogP contribution in [0.2, 0.25) is 5.02 Å². The van der Waals surface area contributed by atoms with Gasteiger partial charge in [0.05, 0.1) is 22.2 Å². The minimum Gasteiger partial charge on any atom is -0.304 e. The van der Waals surface area contributed by atoms with E-state index in [4.69, 9.17) is 30.4 Å². The second kappa shape index (κ2) is 7.06. The van der Waals surface area contributed by atoms with Gasteiger partial charge in [0.15, 0.2) is 20.8 Å². The zero-order valence-electron chi connectivity index (χ0n) is 15.6. The number of anilines is 2. The van der Waals surface area contributed by atoms with Gasteiger partial charge in [0, 0.05) is 11.9 Å². The van der Waals surface area contributed by atoms with Crippen LogP contribution in [0.4, 0.5) is 21.5 Å². The van der Waals surface area contributed by atoms with Crippen LogP contribution in [0.25, 0.3) is 4.85 Å². The average molecular weight is 452 g/mol. The fourth-order valence-corrected chi connectivity index (χ4v) is 4.42. The van der Waals surface area contributed by atoms with E-state index >= 15 is 0 Å². The molecular formula is C19H15ClFN3O3S2. The summed E-state index contributed by atoms with van der Waals surface area (Å²) in [5.74, 6) is -1.40. The third-order valence-corrected chi connectivity index (χ3v) is 6.45. The summed E-state index contributed by atoms with van der Waals surface area (Å²) in [4.78, 5) is 18.9. The SMILES string of the molecule is [C-]#[N+]c1ccc(N2C(=O)C(C)(C)N(c3ccc(S(C)(=O)=O)cc3)C2=S)c(F)c1Cl. The van der Waals surface area contributed by atoms with Gasteiger partial charge in [-0.2, -0.15) is 0 Å². The highest BCUT2D eigenvalue weighted by Crippen LogP contribution is 2.40. The maximum Gasteiger partial charge on any atom is 0.259 e. The van der Waals surface area contributed by atoms with Gasteiger partial charge in [-0.05, 0) is 56.4 Å². The van der Waals surface area contributed by atoms with E-state index in [0.29, 0.717) is 5.69 Å². The quantitative estimate of drug-likeness (QED) is 0.513. The Morgan fingerprint density at radius 2 is 1.76 bits per heavy atom. The Morgan fingerprint density at radius 1 is 1.17 bits per heavy atom. The lowest BCUT2D eigenvalue weighted by atomic mass is 10.0. The summed E-state index contributed by atoms with van der Waals surface area (Å²) in [5, 5.41) is -0.375. The molecule has 0 aliphatic carbocycles. The molecule has 1 aliphatic heterocycles. The molecule has 29 heavy (non-hydrogen) atoms. The highest BCUT2D eigenvalue weighted by molar-refractivity contribution is 7.90. The van der Waals surface area contributed by atoms with E-state index in [1.807, 2.05) is 0 Å². The third kappa shape index (κ3) is 3.37. The lowest BCUT2D eigenvalue weighted by Crippen LogP contribution is -2.44. The number of benzene rings is 2. The van der Waals surface area contributed by atoms with Crippen LogP contribution in [0.15, 0.2) is 41.3 Å². The molecule has 1 fully saturated rings. The molecule has 10 heteroatoms. The van der Waals surface area contributed by atoms with Crippen LogP contribution in [0.3, 0.4) is 0 Å². The molecule has 0 aromatic heterocycles. The van der Waals surface area contributed by atoms with E-state index in [1.165, 1.54) is 41.3 Å². The van der Waals surface area contributed by atoms with Crippen LogP contribution in [0.1, 0.15) is 13.8 Å². The molecule has 2 aromatic rings. The molecule has 6 nitrogen and oxygen atoms in total. The molecule has 3 rings (SSSR count). The largest absolute Gasteiger partial charge is 0.304 e. The maximum absolute atomic E-state index is 14.8. The van der Waals surface area contributed by atoms with Crippen LogP contribution >= 0.6 is 23.8 Å². The first-order valence-corrected chi connectivity index (χ1v) is 10.9. The zero-order valence-corrected chi connectivity index (χ0v) is 18.0. The van der Waals surface area contributed by atoms with Crippen molar-refractivity contribution in [3.8, 4) is 0 Å². The van der Waals surface area contributed by atoms with E-state index in [-0.39, 0.29) is 26.4 Å². The molecule has 1 amide bonds. The van der Waals surface area contributed by atoms with E-state index < -0.39 is 27.1 Å². The van der Waals surface area contributed by atoms with E-state index in [2.05, 4.69) is 4.85 Å². The van der Waals surface area contributed by atoms with Crippen molar-refractivity contribution in [1.82, 2.24) is 0 Å². The first-order chi connectivity index (χ1) is 13.4. The third-order valence-electron chi connectivity index (χ3n) is 4.59. The molecule has 1 aliphatic rings. The second-order valence-corrected chi connectivity index (χ2v) is 9.69. The van der Waals surface area contributed by atoms with Crippen molar-refractivity contribution in [2.75, 3.05) is 16.1 Å². The molecule has 0 bridgehead atoms. The highest BCUT2D eigenvalue weighted by atomic mass is 35.5.